The zero-order valence-electron chi connectivity index (χ0n) is 14.7. The molecular weight excluding hydrogens is 340 g/mol. The fraction of sp³-hybridized carbons (Fsp3) is 0.0455. The van der Waals surface area contributed by atoms with Crippen molar-refractivity contribution in [2.45, 2.75) is 0 Å². The summed E-state index contributed by atoms with van der Waals surface area (Å²) in [5.41, 5.74) is 5.27. The van der Waals surface area contributed by atoms with Crippen LogP contribution in [0.25, 0.3) is 33.6 Å². The molecule has 4 rings (SSSR count). The molecule has 0 fully saturated rings. The van der Waals surface area contributed by atoms with Crippen LogP contribution in [0.2, 0.25) is 0 Å². The van der Waals surface area contributed by atoms with Gasteiger partial charge in [0.25, 0.3) is 0 Å². The molecule has 0 bridgehead atoms. The van der Waals surface area contributed by atoms with Gasteiger partial charge in [-0.05, 0) is 66.2 Å². The van der Waals surface area contributed by atoms with Gasteiger partial charge in [-0.15, -0.1) is 0 Å². The maximum absolute atomic E-state index is 9.67. The lowest BCUT2D eigenvalue weighted by Gasteiger charge is -2.09. The Morgan fingerprint density at radius 2 is 1.00 bits per heavy atom. The summed E-state index contributed by atoms with van der Waals surface area (Å²) in [5, 5.41) is 33.6. The van der Waals surface area contributed by atoms with E-state index >= 15 is 0 Å². The van der Waals surface area contributed by atoms with Gasteiger partial charge in [0, 0.05) is 23.7 Å². The van der Waals surface area contributed by atoms with Crippen LogP contribution in [0, 0.1) is 0 Å². The van der Waals surface area contributed by atoms with Gasteiger partial charge in [-0.1, -0.05) is 12.1 Å². The second-order valence-electron chi connectivity index (χ2n) is 6.34. The molecular formula is C22H18N2O3. The van der Waals surface area contributed by atoms with E-state index in [0.29, 0.717) is 0 Å². The molecule has 27 heavy (non-hydrogen) atoms. The van der Waals surface area contributed by atoms with Crippen molar-refractivity contribution in [1.82, 2.24) is 9.78 Å². The molecule has 3 N–H and O–H groups in total. The summed E-state index contributed by atoms with van der Waals surface area (Å²) in [4.78, 5) is 0. The summed E-state index contributed by atoms with van der Waals surface area (Å²) >= 11 is 0. The zero-order chi connectivity index (χ0) is 19.0. The van der Waals surface area contributed by atoms with E-state index in [1.165, 1.54) is 0 Å². The number of rotatable bonds is 3. The van der Waals surface area contributed by atoms with Crippen LogP contribution in [0.1, 0.15) is 0 Å². The quantitative estimate of drug-likeness (QED) is 0.502. The van der Waals surface area contributed by atoms with E-state index in [9.17, 15) is 15.3 Å². The molecule has 0 aliphatic rings. The molecule has 1 aromatic heterocycles. The summed E-state index contributed by atoms with van der Waals surface area (Å²) in [6, 6.07) is 20.9. The van der Waals surface area contributed by atoms with Crippen LogP contribution in [-0.2, 0) is 7.05 Å². The van der Waals surface area contributed by atoms with Gasteiger partial charge in [0.05, 0.1) is 5.69 Å². The van der Waals surface area contributed by atoms with Gasteiger partial charge in [-0.25, -0.2) is 0 Å². The minimum atomic E-state index is 0.194. The molecule has 0 saturated carbocycles. The maximum Gasteiger partial charge on any atom is 0.115 e. The van der Waals surface area contributed by atoms with E-state index in [2.05, 4.69) is 0 Å². The number of hydrogen-bond donors (Lipinski definition) is 3. The topological polar surface area (TPSA) is 78.5 Å². The highest BCUT2D eigenvalue weighted by atomic mass is 16.3. The molecule has 4 aromatic rings. The summed E-state index contributed by atoms with van der Waals surface area (Å²) < 4.78 is 1.80. The van der Waals surface area contributed by atoms with Crippen molar-refractivity contribution in [2.24, 2.45) is 7.05 Å². The van der Waals surface area contributed by atoms with Crippen LogP contribution in [0.3, 0.4) is 0 Å². The number of benzene rings is 3. The average Bonchev–Trinajstić information content (AvgIpc) is 3.01. The van der Waals surface area contributed by atoms with Crippen molar-refractivity contribution in [3.8, 4) is 50.9 Å². The third-order valence-electron chi connectivity index (χ3n) is 4.48. The Hall–Kier alpha value is -3.73. The van der Waals surface area contributed by atoms with Gasteiger partial charge in [0.1, 0.15) is 22.9 Å². The largest absolute Gasteiger partial charge is 0.508 e. The van der Waals surface area contributed by atoms with E-state index in [1.807, 2.05) is 43.4 Å². The highest BCUT2D eigenvalue weighted by Crippen LogP contribution is 2.40. The number of aromatic nitrogens is 2. The number of phenols is 3. The van der Waals surface area contributed by atoms with Crippen molar-refractivity contribution in [2.75, 3.05) is 0 Å². The molecule has 1 heterocycles. The molecule has 0 amide bonds. The molecule has 0 atom stereocenters. The number of phenolic OH excluding ortho intramolecular Hbond substituents is 3. The van der Waals surface area contributed by atoms with Crippen LogP contribution >= 0.6 is 0 Å². The number of nitrogens with zero attached hydrogens (tertiary/aromatic N) is 2. The summed E-state index contributed by atoms with van der Waals surface area (Å²) in [5.74, 6) is 0.588. The monoisotopic (exact) mass is 358 g/mol. The highest BCUT2D eigenvalue weighted by molar-refractivity contribution is 5.92. The molecule has 5 nitrogen and oxygen atoms in total. The summed E-state index contributed by atoms with van der Waals surface area (Å²) in [7, 11) is 1.87. The highest BCUT2D eigenvalue weighted by Gasteiger charge is 2.20. The van der Waals surface area contributed by atoms with Crippen LogP contribution < -0.4 is 0 Å². The van der Waals surface area contributed by atoms with Gasteiger partial charge in [-0.3, -0.25) is 4.68 Å². The first-order valence-electron chi connectivity index (χ1n) is 8.48. The van der Waals surface area contributed by atoms with E-state index in [4.69, 9.17) is 5.10 Å². The van der Waals surface area contributed by atoms with Crippen molar-refractivity contribution in [3.05, 3.63) is 72.8 Å². The lowest BCUT2D eigenvalue weighted by atomic mass is 9.95. The van der Waals surface area contributed by atoms with Crippen LogP contribution in [0.15, 0.2) is 72.8 Å². The minimum absolute atomic E-state index is 0.194. The fourth-order valence-electron chi connectivity index (χ4n) is 3.20. The molecule has 5 heteroatoms. The normalized spacial score (nSPS) is 10.9. The lowest BCUT2D eigenvalue weighted by molar-refractivity contribution is 0.475. The molecule has 134 valence electrons. The van der Waals surface area contributed by atoms with Gasteiger partial charge in [0.2, 0.25) is 0 Å². The Morgan fingerprint density at radius 1 is 0.593 bits per heavy atom. The standard InChI is InChI=1S/C22H18N2O3/c1-24-22(16-6-12-19(27)13-7-16)20(14-2-8-17(25)9-3-14)21(23-24)15-4-10-18(26)11-5-15/h2-13,25-27H,1H3. The van der Waals surface area contributed by atoms with Crippen molar-refractivity contribution >= 4 is 0 Å². The van der Waals surface area contributed by atoms with Crippen LogP contribution in [0.4, 0.5) is 0 Å². The van der Waals surface area contributed by atoms with Gasteiger partial charge in [0.15, 0.2) is 0 Å². The Kier molecular flexibility index (Phi) is 4.05. The second kappa shape index (κ2) is 6.53. The third kappa shape index (κ3) is 3.11. The third-order valence-corrected chi connectivity index (χ3v) is 4.48. The first-order valence-corrected chi connectivity index (χ1v) is 8.48. The molecule has 0 spiro atoms. The Bertz CT molecular complexity index is 1080. The Balaban J connectivity index is 1.99. The number of hydrogen-bond acceptors (Lipinski definition) is 4. The smallest absolute Gasteiger partial charge is 0.115 e. The van der Waals surface area contributed by atoms with Gasteiger partial charge in [-0.2, -0.15) is 5.10 Å². The number of aromatic hydroxyl groups is 3. The second-order valence-corrected chi connectivity index (χ2v) is 6.34. The predicted molar refractivity (Wildman–Crippen MR) is 105 cm³/mol. The van der Waals surface area contributed by atoms with Crippen LogP contribution in [0.5, 0.6) is 17.2 Å². The molecule has 0 saturated heterocycles. The summed E-state index contributed by atoms with van der Waals surface area (Å²) in [6.07, 6.45) is 0. The Morgan fingerprint density at radius 3 is 1.48 bits per heavy atom. The van der Waals surface area contributed by atoms with Gasteiger partial charge < -0.3 is 15.3 Å². The number of aryl methyl sites for hydroxylation is 1. The minimum Gasteiger partial charge on any atom is -0.508 e. The fourth-order valence-corrected chi connectivity index (χ4v) is 3.20. The van der Waals surface area contributed by atoms with E-state index < -0.39 is 0 Å². The molecule has 0 aliphatic heterocycles. The van der Waals surface area contributed by atoms with Crippen LogP contribution in [-0.4, -0.2) is 25.1 Å². The first kappa shape index (κ1) is 16.7. The SMILES string of the molecule is Cn1nc(-c2ccc(O)cc2)c(-c2ccc(O)cc2)c1-c1ccc(O)cc1. The van der Waals surface area contributed by atoms with E-state index in [0.717, 1.165) is 33.6 Å². The summed E-state index contributed by atoms with van der Waals surface area (Å²) in [6.45, 7) is 0. The molecule has 0 radical (unpaired) electrons. The lowest BCUT2D eigenvalue weighted by Crippen LogP contribution is -1.94. The molecule has 3 aromatic carbocycles. The molecule has 0 unspecified atom stereocenters. The van der Waals surface area contributed by atoms with Crippen molar-refractivity contribution in [1.29, 1.82) is 0 Å². The van der Waals surface area contributed by atoms with E-state index in [1.54, 1.807) is 41.1 Å². The average molecular weight is 358 g/mol. The molecule has 0 aliphatic carbocycles. The van der Waals surface area contributed by atoms with Crippen molar-refractivity contribution < 1.29 is 15.3 Å². The van der Waals surface area contributed by atoms with Crippen molar-refractivity contribution in [3.63, 3.8) is 0 Å². The van der Waals surface area contributed by atoms with Gasteiger partial charge >= 0.3 is 0 Å². The predicted octanol–water partition coefficient (Wildman–Crippen LogP) is 4.54. The Labute approximate surface area is 156 Å². The first-order chi connectivity index (χ1) is 13.0. The van der Waals surface area contributed by atoms with E-state index in [-0.39, 0.29) is 17.2 Å². The zero-order valence-corrected chi connectivity index (χ0v) is 14.7. The maximum atomic E-state index is 9.67.